The summed E-state index contributed by atoms with van der Waals surface area (Å²) in [6, 6.07) is 4.80. The van der Waals surface area contributed by atoms with Gasteiger partial charge in [0.1, 0.15) is 0 Å². The number of unbranched alkanes of at least 4 members (excludes halogenated alkanes) is 4. The van der Waals surface area contributed by atoms with Crippen LogP contribution >= 0.6 is 0 Å². The molecule has 0 saturated heterocycles. The van der Waals surface area contributed by atoms with Crippen molar-refractivity contribution in [3.05, 3.63) is 201 Å². The minimum Gasteiger partial charge on any atom is -0.466 e. The van der Waals surface area contributed by atoms with Crippen LogP contribution in [0, 0.1) is 213 Å². The number of hydrogen-bond acceptors (Lipinski definition) is 4. The van der Waals surface area contributed by atoms with E-state index in [1.807, 2.05) is 34.6 Å². The Hall–Kier alpha value is -6.52. The molecule has 107 heavy (non-hydrogen) atoms. The Morgan fingerprint density at radius 1 is 0.327 bits per heavy atom. The monoisotopic (exact) mass is 1470 g/mol. The lowest BCUT2D eigenvalue weighted by Crippen LogP contribution is -2.19. The number of rotatable bonds is 11. The van der Waals surface area contributed by atoms with Crippen LogP contribution in [0.3, 0.4) is 0 Å². The van der Waals surface area contributed by atoms with Crippen LogP contribution in [-0.4, -0.2) is 25.2 Å². The third-order valence-electron chi connectivity index (χ3n) is 24.3. The van der Waals surface area contributed by atoms with Gasteiger partial charge in [-0.1, -0.05) is 151 Å². The van der Waals surface area contributed by atoms with Crippen molar-refractivity contribution in [1.29, 1.82) is 0 Å². The van der Waals surface area contributed by atoms with Crippen molar-refractivity contribution in [2.24, 2.45) is 5.41 Å². The fraction of sp³-hybridized carbons (Fsp3) is 0.573. The van der Waals surface area contributed by atoms with E-state index in [1.54, 1.807) is 6.92 Å². The highest BCUT2D eigenvalue weighted by Crippen LogP contribution is 2.53. The SMILES string of the molecule is C.C.C.C.C.C.C.C.CC(C)=C(C)C(=O)OCC(C)(C)C.CCCCCCOC(=O)CCCC.Cc1c(C)c(C)c(-c2c(C)c(C)c(C)c(C)c2C)c(C)c1C.Cc1c(C)c(C)c(C)c(C)c1C.Cc1c(C)c(C)c2c(C)c(C)c(C)c(C)c2c1C.Cc1cc2c(c(C)c1C)C(C)(C)c1c-2cc(C)c(C)c1C. The molecule has 0 unspecified atom stereocenters. The molecule has 0 saturated carbocycles. The predicted octanol–water partition coefficient (Wildman–Crippen LogP) is 32.4. The van der Waals surface area contributed by atoms with Crippen LogP contribution < -0.4 is 0 Å². The molecule has 0 spiro atoms. The van der Waals surface area contributed by atoms with Gasteiger partial charge in [-0.2, -0.15) is 0 Å². The first-order chi connectivity index (χ1) is 45.6. The summed E-state index contributed by atoms with van der Waals surface area (Å²) in [7, 11) is 0. The number of hydrogen-bond donors (Lipinski definition) is 0. The summed E-state index contributed by atoms with van der Waals surface area (Å²) in [4.78, 5) is 22.4. The maximum absolute atomic E-state index is 11.4. The third kappa shape index (κ3) is 25.0. The predicted molar refractivity (Wildman–Crippen MR) is 491 cm³/mol. The third-order valence-corrected chi connectivity index (χ3v) is 24.3. The fourth-order valence-corrected chi connectivity index (χ4v) is 14.7. The molecule has 4 heteroatoms. The van der Waals surface area contributed by atoms with Gasteiger partial charge in [0, 0.05) is 17.4 Å². The van der Waals surface area contributed by atoms with E-state index in [9.17, 15) is 9.59 Å². The van der Waals surface area contributed by atoms with Gasteiger partial charge in [0.25, 0.3) is 0 Å². The quantitative estimate of drug-likeness (QED) is 0.0736. The zero-order valence-electron chi connectivity index (χ0n) is 71.2. The Morgan fingerprint density at radius 3 is 0.822 bits per heavy atom. The Balaban J connectivity index is -0.000000286. The average Bonchev–Trinajstić information content (AvgIpc) is 1.56. The van der Waals surface area contributed by atoms with E-state index >= 15 is 0 Å². The number of esters is 2. The molecule has 1 aliphatic carbocycles. The largest absolute Gasteiger partial charge is 0.466 e. The minimum atomic E-state index is -0.199. The first-order valence-electron chi connectivity index (χ1n) is 37.4. The Kier molecular flexibility index (Phi) is 48.1. The second kappa shape index (κ2) is 46.2. The number of carbonyl (C=O) groups is 2. The van der Waals surface area contributed by atoms with Crippen LogP contribution in [-0.2, 0) is 24.5 Å². The van der Waals surface area contributed by atoms with E-state index in [1.165, 1.54) is 230 Å². The zero-order valence-corrected chi connectivity index (χ0v) is 71.2. The lowest BCUT2D eigenvalue weighted by molar-refractivity contribution is -0.144. The maximum atomic E-state index is 11.4. The molecule has 0 aliphatic heterocycles. The number of carbonyl (C=O) groups excluding carboxylic acids is 2. The van der Waals surface area contributed by atoms with Gasteiger partial charge >= 0.3 is 11.9 Å². The molecule has 4 nitrogen and oxygen atoms in total. The summed E-state index contributed by atoms with van der Waals surface area (Å²) in [5, 5.41) is 2.97. The van der Waals surface area contributed by atoms with Gasteiger partial charge in [-0.25, -0.2) is 4.79 Å². The number of benzene rings is 7. The summed E-state index contributed by atoms with van der Waals surface area (Å²) in [5.74, 6) is -0.228. The maximum Gasteiger partial charge on any atom is 0.333 e. The Morgan fingerprint density at radius 2 is 0.579 bits per heavy atom. The fourth-order valence-electron chi connectivity index (χ4n) is 14.7. The molecule has 8 rings (SSSR count). The molecule has 7 aromatic carbocycles. The van der Waals surface area contributed by atoms with Gasteiger partial charge in [0.05, 0.1) is 13.2 Å². The molecular formula is C103H172O4. The molecule has 0 aromatic heterocycles. The average molecular weight is 1470 g/mol. The van der Waals surface area contributed by atoms with Crippen LogP contribution in [0.5, 0.6) is 0 Å². The molecule has 0 bridgehead atoms. The van der Waals surface area contributed by atoms with Gasteiger partial charge in [-0.3, -0.25) is 4.79 Å². The summed E-state index contributed by atoms with van der Waals surface area (Å²) >= 11 is 0. The molecule has 0 amide bonds. The number of ether oxygens (including phenoxy) is 2. The smallest absolute Gasteiger partial charge is 0.333 e. The van der Waals surface area contributed by atoms with Crippen LogP contribution in [0.25, 0.3) is 33.0 Å². The van der Waals surface area contributed by atoms with Crippen molar-refractivity contribution in [3.63, 3.8) is 0 Å². The first-order valence-corrected chi connectivity index (χ1v) is 37.4. The van der Waals surface area contributed by atoms with Crippen molar-refractivity contribution in [2.75, 3.05) is 13.2 Å². The van der Waals surface area contributed by atoms with Gasteiger partial charge in [0.15, 0.2) is 0 Å². The molecule has 0 N–H and O–H groups in total. The summed E-state index contributed by atoms with van der Waals surface area (Å²) in [6.07, 6.45) is 7.27. The van der Waals surface area contributed by atoms with E-state index in [0.29, 0.717) is 25.2 Å². The van der Waals surface area contributed by atoms with Crippen molar-refractivity contribution in [2.45, 2.75) is 387 Å². The van der Waals surface area contributed by atoms with Crippen LogP contribution in [0.1, 0.15) is 352 Å². The first kappa shape index (κ1) is 111. The topological polar surface area (TPSA) is 52.6 Å². The Bertz CT molecular complexity index is 3750. The summed E-state index contributed by atoms with van der Waals surface area (Å²) < 4.78 is 10.2. The molecule has 0 fully saturated rings. The van der Waals surface area contributed by atoms with Crippen LogP contribution in [0.2, 0.25) is 0 Å². The normalized spacial score (nSPS) is 10.9. The molecule has 1 aliphatic rings. The summed E-state index contributed by atoms with van der Waals surface area (Å²) in [6.45, 7) is 89.5. The van der Waals surface area contributed by atoms with Gasteiger partial charge in [-0.15, -0.1) is 0 Å². The zero-order chi connectivity index (χ0) is 76.4. The van der Waals surface area contributed by atoms with E-state index in [0.717, 1.165) is 24.8 Å². The van der Waals surface area contributed by atoms with Crippen molar-refractivity contribution < 1.29 is 19.1 Å². The summed E-state index contributed by atoms with van der Waals surface area (Å²) in [5.41, 5.74) is 54.2. The highest BCUT2D eigenvalue weighted by atomic mass is 16.5. The minimum absolute atomic E-state index is 0. The van der Waals surface area contributed by atoms with Crippen molar-refractivity contribution in [3.8, 4) is 22.3 Å². The lowest BCUT2D eigenvalue weighted by atomic mass is 9.76. The van der Waals surface area contributed by atoms with E-state index in [2.05, 4.69) is 248 Å². The van der Waals surface area contributed by atoms with Crippen LogP contribution in [0.15, 0.2) is 23.3 Å². The highest BCUT2D eigenvalue weighted by molar-refractivity contribution is 5.97. The second-order valence-electron chi connectivity index (χ2n) is 32.0. The van der Waals surface area contributed by atoms with E-state index < -0.39 is 0 Å². The lowest BCUT2D eigenvalue weighted by Gasteiger charge is -2.27. The van der Waals surface area contributed by atoms with E-state index in [4.69, 9.17) is 9.47 Å². The molecule has 0 atom stereocenters. The molecule has 7 aromatic rings. The number of aryl methyl sites for hydroxylation is 6. The second-order valence-corrected chi connectivity index (χ2v) is 32.0. The molecule has 0 heterocycles. The highest BCUT2D eigenvalue weighted by Gasteiger charge is 2.39. The van der Waals surface area contributed by atoms with Gasteiger partial charge in [0.2, 0.25) is 0 Å². The standard InChI is InChI=1S/C22H30.C21H26.C18H24.C12H18.C11H20O2.C11H22O2.8CH4/c1-11-13(3)17(7)21(18(8)14(11)4)22-19(9)15(5)12(2)16(6)20(22)10;1-11-9-17-18-10-12(2)14(4)16(6)20(18)21(7,8)19(17)15(5)13(11)3;1-9-10(2)14(6)18-16(8)12(4)11(3)15(7)17(18)13(9)5;1-7-8(2)10(4)12(6)11(5)9(7)3;1-8(2)9(3)10(12)13-7-11(4,5)6;1-3-5-7-8-10-13-11(12)9-6-4-2;;;;;;;;/h1-10H3;9-10H,1-8H3;1-8H3;1-6H3;7H2,1-6H3;3-10H2,1-2H3;8*1H4. The number of fused-ring (bicyclic) bond motifs is 4. The Labute approximate surface area is 666 Å². The van der Waals surface area contributed by atoms with Crippen LogP contribution in [0.4, 0.5) is 0 Å². The van der Waals surface area contributed by atoms with E-state index in [-0.39, 0.29) is 82.2 Å². The number of allylic oxidation sites excluding steroid dienone is 1. The molecule has 0 radical (unpaired) electrons. The van der Waals surface area contributed by atoms with Gasteiger partial charge < -0.3 is 9.47 Å². The van der Waals surface area contributed by atoms with Crippen molar-refractivity contribution in [1.82, 2.24) is 0 Å². The van der Waals surface area contributed by atoms with Crippen molar-refractivity contribution >= 4 is 22.7 Å². The van der Waals surface area contributed by atoms with Gasteiger partial charge in [-0.05, 0) is 458 Å². The molecular weight excluding hydrogens is 1300 g/mol. The molecule has 608 valence electrons.